The number of hydrogen-bond donors (Lipinski definition) is 3. The molecule has 2 aromatic carbocycles. The van der Waals surface area contributed by atoms with Gasteiger partial charge in [0.25, 0.3) is 5.91 Å². The molecule has 0 aromatic heterocycles. The highest BCUT2D eigenvalue weighted by Crippen LogP contribution is 2.15. The summed E-state index contributed by atoms with van der Waals surface area (Å²) in [5.41, 5.74) is 2.51. The van der Waals surface area contributed by atoms with Gasteiger partial charge in [-0.05, 0) is 62.6 Å². The lowest BCUT2D eigenvalue weighted by molar-refractivity contribution is -0.123. The van der Waals surface area contributed by atoms with Crippen molar-refractivity contribution in [3.8, 4) is 5.75 Å². The lowest BCUT2D eigenvalue weighted by Gasteiger charge is -2.23. The third-order valence-electron chi connectivity index (χ3n) is 4.70. The van der Waals surface area contributed by atoms with E-state index in [9.17, 15) is 9.59 Å². The van der Waals surface area contributed by atoms with Crippen molar-refractivity contribution in [3.63, 3.8) is 0 Å². The average Bonchev–Trinajstić information content (AvgIpc) is 2.71. The minimum absolute atomic E-state index is 0.106. The van der Waals surface area contributed by atoms with Crippen molar-refractivity contribution < 1.29 is 14.3 Å². The molecule has 0 aliphatic heterocycles. The second-order valence-corrected chi connectivity index (χ2v) is 8.04. The lowest BCUT2D eigenvalue weighted by atomic mass is 10.0. The largest absolute Gasteiger partial charge is 0.497 e. The van der Waals surface area contributed by atoms with Crippen molar-refractivity contribution in [2.75, 3.05) is 19.0 Å². The number of aryl methyl sites for hydroxylation is 1. The van der Waals surface area contributed by atoms with Gasteiger partial charge in [0.2, 0.25) is 5.91 Å². The predicted octanol–water partition coefficient (Wildman–Crippen LogP) is 3.76. The van der Waals surface area contributed by atoms with Gasteiger partial charge in [0.1, 0.15) is 11.8 Å². The van der Waals surface area contributed by atoms with E-state index in [1.54, 1.807) is 13.2 Å². The fourth-order valence-electron chi connectivity index (χ4n) is 3.11. The number of carbonyl (C=O) groups is 2. The zero-order valence-corrected chi connectivity index (χ0v) is 18.5. The fraction of sp³-hybridized carbons (Fsp3) is 0.417. The molecular formula is C24H33N3O3. The van der Waals surface area contributed by atoms with Crippen molar-refractivity contribution in [2.45, 2.75) is 46.2 Å². The van der Waals surface area contributed by atoms with Crippen molar-refractivity contribution in [2.24, 2.45) is 5.92 Å². The lowest BCUT2D eigenvalue weighted by Crippen LogP contribution is -2.50. The van der Waals surface area contributed by atoms with Gasteiger partial charge >= 0.3 is 0 Å². The molecule has 1 unspecified atom stereocenters. The van der Waals surface area contributed by atoms with Crippen LogP contribution in [0.3, 0.4) is 0 Å². The molecule has 3 N–H and O–H groups in total. The van der Waals surface area contributed by atoms with Gasteiger partial charge in [0.15, 0.2) is 0 Å². The van der Waals surface area contributed by atoms with Crippen molar-refractivity contribution in [1.82, 2.24) is 10.6 Å². The number of ether oxygens (including phenoxy) is 1. The summed E-state index contributed by atoms with van der Waals surface area (Å²) in [7, 11) is 1.63. The van der Waals surface area contributed by atoms with Crippen LogP contribution < -0.4 is 20.7 Å². The molecule has 30 heavy (non-hydrogen) atoms. The van der Waals surface area contributed by atoms with Crippen LogP contribution in [0, 0.1) is 12.8 Å². The van der Waals surface area contributed by atoms with Gasteiger partial charge in [0.05, 0.1) is 7.11 Å². The Bertz CT molecular complexity index is 834. The first-order valence-electron chi connectivity index (χ1n) is 10.3. The van der Waals surface area contributed by atoms with E-state index in [0.29, 0.717) is 18.5 Å². The topological polar surface area (TPSA) is 79.5 Å². The van der Waals surface area contributed by atoms with Gasteiger partial charge in [-0.25, -0.2) is 0 Å². The van der Waals surface area contributed by atoms with Gasteiger partial charge in [-0.2, -0.15) is 0 Å². The first kappa shape index (κ1) is 23.3. The molecule has 2 atom stereocenters. The summed E-state index contributed by atoms with van der Waals surface area (Å²) in [6.07, 6.45) is 0.571. The molecule has 6 heteroatoms. The summed E-state index contributed by atoms with van der Waals surface area (Å²) in [5, 5.41) is 9.20. The molecule has 162 valence electrons. The number of methoxy groups -OCH3 is 1. The van der Waals surface area contributed by atoms with E-state index in [1.807, 2.05) is 70.2 Å². The van der Waals surface area contributed by atoms with E-state index in [0.717, 1.165) is 17.0 Å². The van der Waals surface area contributed by atoms with E-state index < -0.39 is 6.04 Å². The Morgan fingerprint density at radius 1 is 1.00 bits per heavy atom. The Kier molecular flexibility index (Phi) is 8.71. The van der Waals surface area contributed by atoms with Gasteiger partial charge in [-0.3, -0.25) is 9.59 Å². The summed E-state index contributed by atoms with van der Waals surface area (Å²) in [4.78, 5) is 25.5. The highest BCUT2D eigenvalue weighted by Gasteiger charge is 2.23. The number of nitrogens with one attached hydrogen (secondary N) is 3. The number of anilines is 1. The molecule has 0 saturated carbocycles. The molecule has 0 fully saturated rings. The molecule has 0 heterocycles. The Labute approximate surface area is 179 Å². The SMILES string of the molecule is COc1ccc(NCC(C)NC(=O)[C@H](CC(C)C)NC(=O)c2cccc(C)c2)cc1. The molecule has 0 aliphatic rings. The summed E-state index contributed by atoms with van der Waals surface area (Å²) in [6, 6.07) is 14.3. The number of benzene rings is 2. The van der Waals surface area contributed by atoms with Crippen LogP contribution in [-0.2, 0) is 4.79 Å². The molecular weight excluding hydrogens is 378 g/mol. The zero-order chi connectivity index (χ0) is 22.1. The molecule has 0 aliphatic carbocycles. The minimum Gasteiger partial charge on any atom is -0.497 e. The molecule has 0 saturated heterocycles. The van der Waals surface area contributed by atoms with Crippen LogP contribution in [-0.4, -0.2) is 37.6 Å². The Morgan fingerprint density at radius 2 is 1.70 bits per heavy atom. The summed E-state index contributed by atoms with van der Waals surface area (Å²) >= 11 is 0. The Morgan fingerprint density at radius 3 is 2.30 bits per heavy atom. The highest BCUT2D eigenvalue weighted by molar-refractivity contribution is 5.97. The standard InChI is InChI=1S/C24H33N3O3/c1-16(2)13-22(27-23(28)19-8-6-7-17(3)14-19)24(29)26-18(4)15-25-20-9-11-21(30-5)12-10-20/h6-12,14,16,18,22,25H,13,15H2,1-5H3,(H,26,29)(H,27,28)/t18?,22-/m0/s1. The van der Waals surface area contributed by atoms with E-state index >= 15 is 0 Å². The summed E-state index contributed by atoms with van der Waals surface area (Å²) in [5.74, 6) is 0.659. The van der Waals surface area contributed by atoms with Crippen LogP contribution in [0.25, 0.3) is 0 Å². The number of hydrogen-bond acceptors (Lipinski definition) is 4. The van der Waals surface area contributed by atoms with Crippen LogP contribution >= 0.6 is 0 Å². The van der Waals surface area contributed by atoms with E-state index in [-0.39, 0.29) is 23.8 Å². The smallest absolute Gasteiger partial charge is 0.251 e. The number of carbonyl (C=O) groups excluding carboxylic acids is 2. The average molecular weight is 412 g/mol. The highest BCUT2D eigenvalue weighted by atomic mass is 16.5. The molecule has 6 nitrogen and oxygen atoms in total. The van der Waals surface area contributed by atoms with Crippen LogP contribution in [0.15, 0.2) is 48.5 Å². The molecule has 0 bridgehead atoms. The zero-order valence-electron chi connectivity index (χ0n) is 18.5. The molecule has 0 radical (unpaired) electrons. The third kappa shape index (κ3) is 7.43. The molecule has 2 amide bonds. The maximum atomic E-state index is 12.8. The van der Waals surface area contributed by atoms with Gasteiger partial charge in [0, 0.05) is 23.8 Å². The normalized spacial score (nSPS) is 12.7. The van der Waals surface area contributed by atoms with E-state index in [2.05, 4.69) is 16.0 Å². The van der Waals surface area contributed by atoms with Crippen molar-refractivity contribution in [3.05, 3.63) is 59.7 Å². The third-order valence-corrected chi connectivity index (χ3v) is 4.70. The monoisotopic (exact) mass is 411 g/mol. The quantitative estimate of drug-likeness (QED) is 0.556. The van der Waals surface area contributed by atoms with Crippen LogP contribution in [0.2, 0.25) is 0 Å². The van der Waals surface area contributed by atoms with Gasteiger partial charge in [-0.1, -0.05) is 31.5 Å². The maximum absolute atomic E-state index is 12.8. The maximum Gasteiger partial charge on any atom is 0.251 e. The Balaban J connectivity index is 1.93. The summed E-state index contributed by atoms with van der Waals surface area (Å²) < 4.78 is 5.16. The van der Waals surface area contributed by atoms with Crippen LogP contribution in [0.4, 0.5) is 5.69 Å². The van der Waals surface area contributed by atoms with Crippen molar-refractivity contribution >= 4 is 17.5 Å². The Hall–Kier alpha value is -3.02. The van der Waals surface area contributed by atoms with E-state index in [4.69, 9.17) is 4.74 Å². The number of rotatable bonds is 10. The number of amides is 2. The summed E-state index contributed by atoms with van der Waals surface area (Å²) in [6.45, 7) is 8.51. The molecule has 2 rings (SSSR count). The molecule has 0 spiro atoms. The fourth-order valence-corrected chi connectivity index (χ4v) is 3.11. The molecule has 2 aromatic rings. The van der Waals surface area contributed by atoms with Gasteiger partial charge in [-0.15, -0.1) is 0 Å². The van der Waals surface area contributed by atoms with Crippen molar-refractivity contribution in [1.29, 1.82) is 0 Å². The van der Waals surface area contributed by atoms with Crippen LogP contribution in [0.1, 0.15) is 43.1 Å². The first-order valence-corrected chi connectivity index (χ1v) is 10.3. The second-order valence-electron chi connectivity index (χ2n) is 8.04. The minimum atomic E-state index is -0.582. The predicted molar refractivity (Wildman–Crippen MR) is 121 cm³/mol. The van der Waals surface area contributed by atoms with E-state index in [1.165, 1.54) is 0 Å². The first-order chi connectivity index (χ1) is 14.3. The van der Waals surface area contributed by atoms with Gasteiger partial charge < -0.3 is 20.7 Å². The van der Waals surface area contributed by atoms with Crippen LogP contribution in [0.5, 0.6) is 5.75 Å². The second kappa shape index (κ2) is 11.2.